The van der Waals surface area contributed by atoms with Crippen LogP contribution in [0, 0.1) is 17.8 Å². The van der Waals surface area contributed by atoms with Crippen LogP contribution in [0.2, 0.25) is 0 Å². The van der Waals surface area contributed by atoms with E-state index >= 15 is 0 Å². The van der Waals surface area contributed by atoms with E-state index in [0.29, 0.717) is 19.3 Å². The normalized spacial score (nSPS) is 12.5. The van der Waals surface area contributed by atoms with Crippen molar-refractivity contribution in [1.29, 1.82) is 0 Å². The first-order valence-electron chi connectivity index (χ1n) is 30.1. The topological polar surface area (TPSA) is 78.9 Å². The summed E-state index contributed by atoms with van der Waals surface area (Å²) in [5, 5.41) is 0. The molecule has 0 amide bonds. The van der Waals surface area contributed by atoms with Crippen molar-refractivity contribution in [1.82, 2.24) is 0 Å². The fourth-order valence-corrected chi connectivity index (χ4v) is 9.32. The van der Waals surface area contributed by atoms with Gasteiger partial charge in [-0.25, -0.2) is 0 Å². The van der Waals surface area contributed by atoms with Crippen LogP contribution in [-0.2, 0) is 28.6 Å². The second-order valence-electron chi connectivity index (χ2n) is 22.2. The number of hydrogen-bond acceptors (Lipinski definition) is 6. The van der Waals surface area contributed by atoms with E-state index < -0.39 is 6.10 Å². The van der Waals surface area contributed by atoms with Crippen molar-refractivity contribution in [2.24, 2.45) is 17.8 Å². The number of unbranched alkanes of at least 4 members (excludes halogenated alkanes) is 36. The van der Waals surface area contributed by atoms with Crippen LogP contribution in [0.25, 0.3) is 0 Å². The molecular weight excluding hydrogens is 829 g/mol. The Hall–Kier alpha value is -1.59. The molecule has 0 heterocycles. The van der Waals surface area contributed by atoms with Gasteiger partial charge in [-0.3, -0.25) is 14.4 Å². The molecule has 0 radical (unpaired) electrons. The molecule has 2 atom stereocenters. The third kappa shape index (κ3) is 53.6. The molecule has 0 rings (SSSR count). The number of ether oxygens (including phenoxy) is 3. The summed E-state index contributed by atoms with van der Waals surface area (Å²) >= 11 is 0. The fraction of sp³-hybridized carbons (Fsp3) is 0.951. The third-order valence-electron chi connectivity index (χ3n) is 14.3. The zero-order chi connectivity index (χ0) is 49.1. The van der Waals surface area contributed by atoms with Crippen molar-refractivity contribution in [2.45, 2.75) is 343 Å². The number of esters is 3. The van der Waals surface area contributed by atoms with Gasteiger partial charge in [0, 0.05) is 19.3 Å². The molecule has 0 aromatic rings. The summed E-state index contributed by atoms with van der Waals surface area (Å²) in [5.41, 5.74) is 0. The third-order valence-corrected chi connectivity index (χ3v) is 14.3. The predicted molar refractivity (Wildman–Crippen MR) is 289 cm³/mol. The van der Waals surface area contributed by atoms with Crippen LogP contribution >= 0.6 is 0 Å². The number of carbonyl (C=O) groups excluding carboxylic acids is 3. The quantitative estimate of drug-likeness (QED) is 0.0343. The molecule has 67 heavy (non-hydrogen) atoms. The molecule has 6 nitrogen and oxygen atoms in total. The highest BCUT2D eigenvalue weighted by atomic mass is 16.6. The van der Waals surface area contributed by atoms with Crippen molar-refractivity contribution >= 4 is 17.9 Å². The first kappa shape index (κ1) is 65.4. The summed E-state index contributed by atoms with van der Waals surface area (Å²) in [4.78, 5) is 38.2. The molecule has 0 bridgehead atoms. The average molecular weight is 948 g/mol. The predicted octanol–water partition coefficient (Wildman–Crippen LogP) is 19.9. The van der Waals surface area contributed by atoms with Crippen molar-refractivity contribution < 1.29 is 28.6 Å². The van der Waals surface area contributed by atoms with Gasteiger partial charge in [-0.05, 0) is 37.0 Å². The summed E-state index contributed by atoms with van der Waals surface area (Å²) in [6.07, 6.45) is 55.2. The van der Waals surface area contributed by atoms with Crippen LogP contribution in [0.15, 0.2) is 0 Å². The maximum Gasteiger partial charge on any atom is 0.306 e. The lowest BCUT2D eigenvalue weighted by Crippen LogP contribution is -2.30. The second-order valence-corrected chi connectivity index (χ2v) is 22.2. The van der Waals surface area contributed by atoms with Gasteiger partial charge in [0.15, 0.2) is 6.10 Å². The van der Waals surface area contributed by atoms with Crippen molar-refractivity contribution in [3.8, 4) is 0 Å². The molecule has 0 aliphatic carbocycles. The lowest BCUT2D eigenvalue weighted by molar-refractivity contribution is -0.167. The molecule has 6 heteroatoms. The van der Waals surface area contributed by atoms with E-state index in [4.69, 9.17) is 14.2 Å². The molecule has 0 N–H and O–H groups in total. The Morgan fingerprint density at radius 3 is 0.776 bits per heavy atom. The summed E-state index contributed by atoms with van der Waals surface area (Å²) in [7, 11) is 0. The molecule has 0 aromatic carbocycles. The van der Waals surface area contributed by atoms with Gasteiger partial charge in [0.05, 0.1) is 0 Å². The minimum absolute atomic E-state index is 0.0632. The van der Waals surface area contributed by atoms with Gasteiger partial charge in [0.25, 0.3) is 0 Å². The summed E-state index contributed by atoms with van der Waals surface area (Å²) in [6.45, 7) is 13.8. The number of carbonyl (C=O) groups is 3. The lowest BCUT2D eigenvalue weighted by Gasteiger charge is -2.18. The van der Waals surface area contributed by atoms with E-state index in [1.807, 2.05) is 0 Å². The smallest absolute Gasteiger partial charge is 0.306 e. The van der Waals surface area contributed by atoms with Gasteiger partial charge in [0.2, 0.25) is 0 Å². The SMILES string of the molecule is CCC(C)CCCCCCCCCCCCCCCCC(=O)OC[C@H](COC(=O)CCCCCCCCCCCCCCCC(C)C)OC(=O)CCCCCCCCCCCCCCC(C)C. The van der Waals surface area contributed by atoms with Crippen LogP contribution in [0.3, 0.4) is 0 Å². The van der Waals surface area contributed by atoms with E-state index in [2.05, 4.69) is 41.5 Å². The highest BCUT2D eigenvalue weighted by Crippen LogP contribution is 2.19. The van der Waals surface area contributed by atoms with Crippen molar-refractivity contribution in [3.05, 3.63) is 0 Å². The van der Waals surface area contributed by atoms with E-state index in [1.54, 1.807) is 0 Å². The average Bonchev–Trinajstić information content (AvgIpc) is 3.30. The lowest BCUT2D eigenvalue weighted by atomic mass is 9.99. The monoisotopic (exact) mass is 947 g/mol. The molecule has 398 valence electrons. The van der Waals surface area contributed by atoms with Crippen molar-refractivity contribution in [2.75, 3.05) is 13.2 Å². The first-order chi connectivity index (χ1) is 32.6. The number of hydrogen-bond donors (Lipinski definition) is 0. The van der Waals surface area contributed by atoms with Crippen LogP contribution in [0.4, 0.5) is 0 Å². The Balaban J connectivity index is 4.30. The van der Waals surface area contributed by atoms with Gasteiger partial charge in [-0.2, -0.15) is 0 Å². The Morgan fingerprint density at radius 2 is 0.522 bits per heavy atom. The van der Waals surface area contributed by atoms with E-state index in [1.165, 1.54) is 218 Å². The molecule has 0 saturated carbocycles. The van der Waals surface area contributed by atoms with Gasteiger partial charge < -0.3 is 14.2 Å². The van der Waals surface area contributed by atoms with Gasteiger partial charge in [-0.1, -0.05) is 298 Å². The molecule has 0 spiro atoms. The summed E-state index contributed by atoms with van der Waals surface area (Å²) in [6, 6.07) is 0. The number of rotatable bonds is 54. The van der Waals surface area contributed by atoms with Gasteiger partial charge >= 0.3 is 17.9 Å². The Morgan fingerprint density at radius 1 is 0.299 bits per heavy atom. The van der Waals surface area contributed by atoms with Crippen LogP contribution < -0.4 is 0 Å². The molecule has 0 saturated heterocycles. The Kier molecular flexibility index (Phi) is 51.0. The van der Waals surface area contributed by atoms with E-state index in [-0.39, 0.29) is 31.1 Å². The van der Waals surface area contributed by atoms with Crippen LogP contribution in [-0.4, -0.2) is 37.2 Å². The molecule has 0 aliphatic rings. The molecule has 0 fully saturated rings. The summed E-state index contributed by atoms with van der Waals surface area (Å²) < 4.78 is 16.9. The Bertz CT molecular complexity index is 1040. The first-order valence-corrected chi connectivity index (χ1v) is 30.1. The van der Waals surface area contributed by atoms with Crippen LogP contribution in [0.1, 0.15) is 337 Å². The fourth-order valence-electron chi connectivity index (χ4n) is 9.32. The standard InChI is InChI=1S/C61H118O6/c1-7-57(6)49-43-37-31-25-19-12-8-9-13-20-26-32-38-44-50-59(62)65-53-58(67-61(64)52-46-40-34-28-22-16-15-18-24-30-36-42-48-56(4)5)54-66-60(63)51-45-39-33-27-21-14-10-11-17-23-29-35-41-47-55(2)3/h55-58H,7-54H2,1-6H3/t57?,58-/m1/s1. The largest absolute Gasteiger partial charge is 0.462 e. The second kappa shape index (κ2) is 52.2. The maximum atomic E-state index is 12.9. The molecule has 1 unspecified atom stereocenters. The zero-order valence-electron chi connectivity index (χ0n) is 46.2. The van der Waals surface area contributed by atoms with Gasteiger partial charge in [-0.15, -0.1) is 0 Å². The van der Waals surface area contributed by atoms with Crippen LogP contribution in [0.5, 0.6) is 0 Å². The summed E-state index contributed by atoms with van der Waals surface area (Å²) in [5.74, 6) is 1.73. The van der Waals surface area contributed by atoms with E-state index in [0.717, 1.165) is 75.5 Å². The molecular formula is C61H118O6. The highest BCUT2D eigenvalue weighted by molar-refractivity contribution is 5.71. The Labute approximate surface area is 418 Å². The maximum absolute atomic E-state index is 12.9. The highest BCUT2D eigenvalue weighted by Gasteiger charge is 2.19. The molecule has 0 aromatic heterocycles. The van der Waals surface area contributed by atoms with E-state index in [9.17, 15) is 14.4 Å². The minimum Gasteiger partial charge on any atom is -0.462 e. The zero-order valence-corrected chi connectivity index (χ0v) is 46.2. The van der Waals surface area contributed by atoms with Crippen molar-refractivity contribution in [3.63, 3.8) is 0 Å². The molecule has 0 aliphatic heterocycles. The van der Waals surface area contributed by atoms with Gasteiger partial charge in [0.1, 0.15) is 13.2 Å². The minimum atomic E-state index is -0.764.